The zero-order valence-corrected chi connectivity index (χ0v) is 20.3. The van der Waals surface area contributed by atoms with Crippen molar-refractivity contribution >= 4 is 21.6 Å². The Hall–Kier alpha value is -3.36. The molecule has 0 radical (unpaired) electrons. The molecule has 182 valence electrons. The van der Waals surface area contributed by atoms with Gasteiger partial charge in [-0.05, 0) is 61.3 Å². The second kappa shape index (κ2) is 10.1. The number of hydrogen-bond donors (Lipinski definition) is 1. The summed E-state index contributed by atoms with van der Waals surface area (Å²) in [5.41, 5.74) is 2.67. The third-order valence-corrected chi connectivity index (χ3v) is 8.25. The number of para-hydroxylation sites is 2. The van der Waals surface area contributed by atoms with E-state index < -0.39 is 16.1 Å². The van der Waals surface area contributed by atoms with Crippen LogP contribution in [0.2, 0.25) is 0 Å². The first-order valence-corrected chi connectivity index (χ1v) is 13.4. The molecule has 1 atom stereocenters. The minimum absolute atomic E-state index is 0.102. The summed E-state index contributed by atoms with van der Waals surface area (Å²) in [4.78, 5) is 15.6. The van der Waals surface area contributed by atoms with Crippen molar-refractivity contribution in [3.63, 3.8) is 0 Å². The molecule has 1 saturated heterocycles. The molecule has 3 aromatic carbocycles. The Morgan fingerprint density at radius 2 is 1.54 bits per heavy atom. The van der Waals surface area contributed by atoms with E-state index in [0.717, 1.165) is 25.2 Å². The lowest BCUT2D eigenvalue weighted by molar-refractivity contribution is -0.127. The van der Waals surface area contributed by atoms with Crippen molar-refractivity contribution in [2.75, 3.05) is 23.9 Å². The SMILES string of the molecule is O=C(NCc1ccc(CN2CCCC2)cc1)[C@H]1CN(S(=O)(=O)c2ccccc2)c2ccccc2O1. The number of nitrogens with one attached hydrogen (secondary N) is 1. The van der Waals surface area contributed by atoms with E-state index in [1.807, 2.05) is 12.1 Å². The number of sulfonamides is 1. The number of carbonyl (C=O) groups excluding carboxylic acids is 1. The highest BCUT2D eigenvalue weighted by Crippen LogP contribution is 2.36. The lowest BCUT2D eigenvalue weighted by Gasteiger charge is -2.34. The van der Waals surface area contributed by atoms with Gasteiger partial charge in [-0.15, -0.1) is 0 Å². The maximum Gasteiger partial charge on any atom is 0.264 e. The number of ether oxygens (including phenoxy) is 1. The van der Waals surface area contributed by atoms with Crippen LogP contribution in [0.3, 0.4) is 0 Å². The summed E-state index contributed by atoms with van der Waals surface area (Å²) in [5.74, 6) is 0.0126. The molecule has 5 rings (SSSR count). The molecule has 7 nitrogen and oxygen atoms in total. The Morgan fingerprint density at radius 3 is 2.29 bits per heavy atom. The average molecular weight is 492 g/mol. The first-order chi connectivity index (χ1) is 17.0. The first-order valence-electron chi connectivity index (χ1n) is 11.9. The fourth-order valence-corrected chi connectivity index (χ4v) is 6.05. The maximum atomic E-state index is 13.4. The van der Waals surface area contributed by atoms with Crippen LogP contribution in [0, 0.1) is 0 Å². The summed E-state index contributed by atoms with van der Waals surface area (Å²) in [6.45, 7) is 3.50. The third-order valence-electron chi connectivity index (χ3n) is 6.45. The number of anilines is 1. The van der Waals surface area contributed by atoms with Crippen LogP contribution in [0.25, 0.3) is 0 Å². The van der Waals surface area contributed by atoms with Crippen LogP contribution in [-0.4, -0.2) is 45.0 Å². The van der Waals surface area contributed by atoms with Gasteiger partial charge in [-0.2, -0.15) is 0 Å². The van der Waals surface area contributed by atoms with Gasteiger partial charge in [0.25, 0.3) is 15.9 Å². The van der Waals surface area contributed by atoms with Crippen LogP contribution in [0.15, 0.2) is 83.8 Å². The van der Waals surface area contributed by atoms with Crippen LogP contribution in [0.1, 0.15) is 24.0 Å². The fourth-order valence-electron chi connectivity index (χ4n) is 4.55. The second-order valence-corrected chi connectivity index (χ2v) is 10.8. The number of amides is 1. The molecule has 0 aromatic heterocycles. The molecule has 0 aliphatic carbocycles. The molecular formula is C27H29N3O4S. The Bertz CT molecular complexity index is 1270. The second-order valence-electron chi connectivity index (χ2n) is 8.94. The quantitative estimate of drug-likeness (QED) is 0.547. The number of fused-ring (bicyclic) bond motifs is 1. The van der Waals surface area contributed by atoms with Crippen molar-refractivity contribution < 1.29 is 17.9 Å². The normalized spacial score (nSPS) is 18.1. The van der Waals surface area contributed by atoms with Gasteiger partial charge in [0.2, 0.25) is 0 Å². The minimum Gasteiger partial charge on any atom is -0.476 e. The van der Waals surface area contributed by atoms with Gasteiger partial charge < -0.3 is 10.1 Å². The van der Waals surface area contributed by atoms with Crippen LogP contribution >= 0.6 is 0 Å². The van der Waals surface area contributed by atoms with Gasteiger partial charge in [-0.25, -0.2) is 8.42 Å². The zero-order chi connectivity index (χ0) is 24.3. The van der Waals surface area contributed by atoms with Gasteiger partial charge in [0.05, 0.1) is 17.1 Å². The van der Waals surface area contributed by atoms with E-state index in [1.54, 1.807) is 54.6 Å². The number of rotatable bonds is 7. The fraction of sp³-hybridized carbons (Fsp3) is 0.296. The molecule has 8 heteroatoms. The van der Waals surface area contributed by atoms with Crippen molar-refractivity contribution in [2.24, 2.45) is 0 Å². The Balaban J connectivity index is 1.27. The van der Waals surface area contributed by atoms with E-state index in [2.05, 4.69) is 22.3 Å². The molecule has 0 saturated carbocycles. The Morgan fingerprint density at radius 1 is 0.886 bits per heavy atom. The molecule has 0 unspecified atom stereocenters. The molecule has 2 aliphatic heterocycles. The summed E-state index contributed by atoms with van der Waals surface area (Å²) < 4.78 is 34.0. The molecule has 35 heavy (non-hydrogen) atoms. The molecule has 1 fully saturated rings. The smallest absolute Gasteiger partial charge is 0.264 e. The molecule has 1 N–H and O–H groups in total. The lowest BCUT2D eigenvalue weighted by Crippen LogP contribution is -2.50. The molecule has 3 aromatic rings. The van der Waals surface area contributed by atoms with Crippen molar-refractivity contribution in [1.82, 2.24) is 10.2 Å². The van der Waals surface area contributed by atoms with Gasteiger partial charge >= 0.3 is 0 Å². The molecule has 0 spiro atoms. The number of hydrogen-bond acceptors (Lipinski definition) is 5. The highest BCUT2D eigenvalue weighted by atomic mass is 32.2. The summed E-state index contributed by atoms with van der Waals surface area (Å²) in [5, 5.41) is 2.91. The topological polar surface area (TPSA) is 79.0 Å². The van der Waals surface area contributed by atoms with Crippen LogP contribution in [-0.2, 0) is 27.9 Å². The van der Waals surface area contributed by atoms with Crippen molar-refractivity contribution in [3.8, 4) is 5.75 Å². The summed E-state index contributed by atoms with van der Waals surface area (Å²) in [6.07, 6.45) is 1.57. The summed E-state index contributed by atoms with van der Waals surface area (Å²) in [7, 11) is -3.85. The maximum absolute atomic E-state index is 13.4. The molecular weight excluding hydrogens is 462 g/mol. The zero-order valence-electron chi connectivity index (χ0n) is 19.5. The largest absolute Gasteiger partial charge is 0.476 e. The monoisotopic (exact) mass is 491 g/mol. The van der Waals surface area contributed by atoms with E-state index in [-0.39, 0.29) is 17.3 Å². The van der Waals surface area contributed by atoms with Crippen molar-refractivity contribution in [1.29, 1.82) is 0 Å². The first kappa shape index (κ1) is 23.4. The van der Waals surface area contributed by atoms with Gasteiger partial charge in [-0.3, -0.25) is 14.0 Å². The van der Waals surface area contributed by atoms with E-state index in [4.69, 9.17) is 4.74 Å². The Kier molecular flexibility index (Phi) is 6.74. The third kappa shape index (κ3) is 5.18. The highest BCUT2D eigenvalue weighted by Gasteiger charge is 2.37. The van der Waals surface area contributed by atoms with E-state index in [1.165, 1.54) is 22.7 Å². The van der Waals surface area contributed by atoms with Crippen LogP contribution < -0.4 is 14.4 Å². The van der Waals surface area contributed by atoms with Crippen LogP contribution in [0.5, 0.6) is 5.75 Å². The predicted molar refractivity (Wildman–Crippen MR) is 135 cm³/mol. The van der Waals surface area contributed by atoms with Crippen LogP contribution in [0.4, 0.5) is 5.69 Å². The molecule has 1 amide bonds. The number of nitrogens with zero attached hydrogens (tertiary/aromatic N) is 2. The standard InChI is InChI=1S/C27H29N3O4S/c31-27(28-18-21-12-14-22(15-13-21)19-29-16-6-7-17-29)26-20-30(24-10-4-5-11-25(24)34-26)35(32,33)23-8-2-1-3-9-23/h1-5,8-15,26H,6-7,16-20H2,(H,28,31)/t26-/m1/s1. The molecule has 0 bridgehead atoms. The number of likely N-dealkylation sites (tertiary alicyclic amines) is 1. The predicted octanol–water partition coefficient (Wildman–Crippen LogP) is 3.56. The summed E-state index contributed by atoms with van der Waals surface area (Å²) in [6, 6.07) is 23.4. The molecule has 2 aliphatic rings. The highest BCUT2D eigenvalue weighted by molar-refractivity contribution is 7.92. The number of benzene rings is 3. The lowest BCUT2D eigenvalue weighted by atomic mass is 10.1. The number of carbonyl (C=O) groups is 1. The summed E-state index contributed by atoms with van der Waals surface area (Å²) >= 11 is 0. The van der Waals surface area contributed by atoms with Gasteiger partial charge in [0.1, 0.15) is 5.75 Å². The minimum atomic E-state index is -3.85. The van der Waals surface area contributed by atoms with Crippen molar-refractivity contribution in [3.05, 3.63) is 90.0 Å². The molecule has 2 heterocycles. The average Bonchev–Trinajstić information content (AvgIpc) is 3.41. The van der Waals surface area contributed by atoms with Gasteiger partial charge in [0, 0.05) is 13.1 Å². The van der Waals surface area contributed by atoms with E-state index in [9.17, 15) is 13.2 Å². The van der Waals surface area contributed by atoms with Gasteiger partial charge in [-0.1, -0.05) is 54.6 Å². The van der Waals surface area contributed by atoms with E-state index in [0.29, 0.717) is 18.0 Å². The Labute approximate surface area is 206 Å². The van der Waals surface area contributed by atoms with Crippen molar-refractivity contribution in [2.45, 2.75) is 36.9 Å². The van der Waals surface area contributed by atoms with E-state index >= 15 is 0 Å². The van der Waals surface area contributed by atoms with Gasteiger partial charge in [0.15, 0.2) is 6.10 Å².